The van der Waals surface area contributed by atoms with Crippen LogP contribution in [0.15, 0.2) is 109 Å². The van der Waals surface area contributed by atoms with Crippen LogP contribution in [0.2, 0.25) is 13.1 Å². The molecule has 0 N–H and O–H groups in total. The van der Waals surface area contributed by atoms with Gasteiger partial charge in [-0.15, -0.1) is 69.1 Å². The fraction of sp³-hybridized carbons (Fsp3) is 0.318. The molecule has 6 rings (SSSR count). The van der Waals surface area contributed by atoms with Crippen LogP contribution in [0.4, 0.5) is 0 Å². The van der Waals surface area contributed by atoms with Gasteiger partial charge in [0, 0.05) is 9.52 Å². The first-order valence-electron chi connectivity index (χ1n) is 17.4. The van der Waals surface area contributed by atoms with Crippen LogP contribution >= 0.6 is 17.0 Å². The van der Waals surface area contributed by atoms with Crippen LogP contribution in [0, 0.1) is 0 Å². The van der Waals surface area contributed by atoms with Gasteiger partial charge >= 0.3 is 37.9 Å². The number of fused-ring (bicyclic) bond motifs is 2. The van der Waals surface area contributed by atoms with E-state index in [2.05, 4.69) is 164 Å². The number of hydrogen-bond donors (Lipinski definition) is 0. The minimum absolute atomic E-state index is 0.588. The van der Waals surface area contributed by atoms with Crippen molar-refractivity contribution >= 4 is 48.1 Å². The van der Waals surface area contributed by atoms with Gasteiger partial charge in [0.2, 0.25) is 0 Å². The van der Waals surface area contributed by atoms with Gasteiger partial charge in [-0.25, -0.2) is 0 Å². The maximum atomic E-state index is 4.93. The van der Waals surface area contributed by atoms with Crippen LogP contribution in [0.5, 0.6) is 0 Å². The van der Waals surface area contributed by atoms with Crippen molar-refractivity contribution in [2.45, 2.75) is 92.2 Å². The molecule has 0 saturated carbocycles. The second kappa shape index (κ2) is 21.1. The second-order valence-electron chi connectivity index (χ2n) is 12.4. The van der Waals surface area contributed by atoms with Crippen LogP contribution < -0.4 is 0 Å². The molecule has 6 aromatic carbocycles. The monoisotopic (exact) mass is 768 g/mol. The third-order valence-corrected chi connectivity index (χ3v) is 9.19. The Kier molecular flexibility index (Phi) is 17.7. The van der Waals surface area contributed by atoms with E-state index in [4.69, 9.17) is 17.0 Å². The van der Waals surface area contributed by atoms with E-state index >= 15 is 0 Å². The Hall–Kier alpha value is -2.22. The van der Waals surface area contributed by atoms with Crippen molar-refractivity contribution in [3.63, 3.8) is 0 Å². The standard InChI is InChI=1S/2C21H23.C2H6Si.2ClH.Zr/c2*1-4-15(3)19-12-11-18-13-16(5-2)14-20(18)21(19)17-9-7-6-8-10-17;1-3-2;;;/h2*6-15H,4-5H2,1-3H3;1-2H3;2*1H;/q2*-1;;;;+4/p-2. The molecular weight excluding hydrogens is 719 g/mol. The number of aryl methyl sites for hydroxylation is 2. The van der Waals surface area contributed by atoms with E-state index in [0.29, 0.717) is 11.8 Å². The Morgan fingerprint density at radius 2 is 0.917 bits per heavy atom. The zero-order valence-electron chi connectivity index (χ0n) is 30.1. The summed E-state index contributed by atoms with van der Waals surface area (Å²) in [7, 11) is 11.0. The van der Waals surface area contributed by atoms with Crippen LogP contribution in [-0.2, 0) is 33.7 Å². The molecule has 6 aromatic rings. The summed E-state index contributed by atoms with van der Waals surface area (Å²) in [5, 5.41) is 5.57. The van der Waals surface area contributed by atoms with E-state index < -0.39 is 20.8 Å². The van der Waals surface area contributed by atoms with Crippen molar-refractivity contribution in [2.75, 3.05) is 0 Å². The Bertz CT molecular complexity index is 1650. The predicted molar refractivity (Wildman–Crippen MR) is 215 cm³/mol. The minimum atomic E-state index is -0.826. The average molecular weight is 771 g/mol. The van der Waals surface area contributed by atoms with Gasteiger partial charge in [-0.3, -0.25) is 0 Å². The molecule has 0 saturated heterocycles. The molecule has 2 radical (unpaired) electrons. The van der Waals surface area contributed by atoms with Gasteiger partial charge in [-0.2, -0.15) is 12.1 Å². The molecule has 0 heterocycles. The van der Waals surface area contributed by atoms with Gasteiger partial charge in [0.25, 0.3) is 0 Å². The first-order chi connectivity index (χ1) is 23.3. The van der Waals surface area contributed by atoms with E-state index in [0.717, 1.165) is 22.4 Å². The quantitative estimate of drug-likeness (QED) is 0.107. The first kappa shape index (κ1) is 40.2. The summed E-state index contributed by atoms with van der Waals surface area (Å²) in [6.07, 6.45) is 4.54. The number of hydrogen-bond acceptors (Lipinski definition) is 0. The molecule has 250 valence electrons. The van der Waals surface area contributed by atoms with Gasteiger partial charge in [0.1, 0.15) is 0 Å². The zero-order chi connectivity index (χ0) is 35.1. The van der Waals surface area contributed by atoms with E-state index in [9.17, 15) is 0 Å². The Balaban J connectivity index is 0.000000224. The Labute approximate surface area is 312 Å². The molecule has 0 bridgehead atoms. The van der Waals surface area contributed by atoms with Crippen molar-refractivity contribution in [1.82, 2.24) is 0 Å². The molecule has 0 spiro atoms. The predicted octanol–water partition coefficient (Wildman–Crippen LogP) is 14.8. The summed E-state index contributed by atoms with van der Waals surface area (Å²) < 4.78 is 0. The van der Waals surface area contributed by atoms with Gasteiger partial charge in [0.15, 0.2) is 0 Å². The van der Waals surface area contributed by atoms with Crippen molar-refractivity contribution in [2.24, 2.45) is 0 Å². The molecule has 2 unspecified atom stereocenters. The molecule has 0 nitrogen and oxygen atoms in total. The van der Waals surface area contributed by atoms with E-state index in [1.807, 2.05) is 0 Å². The van der Waals surface area contributed by atoms with Gasteiger partial charge in [0.05, 0.1) is 0 Å². The summed E-state index contributed by atoms with van der Waals surface area (Å²) in [5.41, 5.74) is 11.4. The topological polar surface area (TPSA) is 0 Å². The Morgan fingerprint density at radius 1 is 0.583 bits per heavy atom. The summed E-state index contributed by atoms with van der Waals surface area (Å²) in [5.74, 6) is 1.18. The van der Waals surface area contributed by atoms with Crippen molar-refractivity contribution in [1.29, 1.82) is 0 Å². The van der Waals surface area contributed by atoms with E-state index in [1.54, 1.807) is 0 Å². The summed E-state index contributed by atoms with van der Waals surface area (Å²) >= 11 is -0.826. The number of rotatable bonds is 8. The maximum absolute atomic E-state index is 4.93. The van der Waals surface area contributed by atoms with Crippen LogP contribution in [0.1, 0.15) is 88.5 Å². The second-order valence-corrected chi connectivity index (χ2v) is 17.2. The summed E-state index contributed by atoms with van der Waals surface area (Å²) in [6, 6.07) is 40.4. The molecule has 0 fully saturated rings. The van der Waals surface area contributed by atoms with E-state index in [1.165, 1.54) is 78.9 Å². The van der Waals surface area contributed by atoms with Gasteiger partial charge in [-0.1, -0.05) is 138 Å². The third kappa shape index (κ3) is 10.4. The molecule has 2 atom stereocenters. The number of benzene rings is 4. The SMILES string of the molecule is CCc1cc2c(-c3ccccc3)c(C(C)CC)ccc2[cH-]1.CCc1cc2c(-c3ccccc3)c(C(C)CC)ccc2[cH-]1.C[Si]C.[Cl][Zr+2][Cl]. The van der Waals surface area contributed by atoms with Crippen molar-refractivity contribution in [3.05, 3.63) is 131 Å². The van der Waals surface area contributed by atoms with Crippen molar-refractivity contribution < 1.29 is 20.8 Å². The van der Waals surface area contributed by atoms with Crippen LogP contribution in [0.3, 0.4) is 0 Å². The molecule has 0 aliphatic carbocycles. The third-order valence-electron chi connectivity index (χ3n) is 9.19. The summed E-state index contributed by atoms with van der Waals surface area (Å²) in [6.45, 7) is 18.0. The average Bonchev–Trinajstić information content (AvgIpc) is 3.76. The first-order valence-corrected chi connectivity index (χ1v) is 25.7. The normalized spacial score (nSPS) is 11.7. The van der Waals surface area contributed by atoms with Gasteiger partial charge < -0.3 is 0 Å². The van der Waals surface area contributed by atoms with Gasteiger partial charge in [-0.05, 0) is 48.6 Å². The molecule has 48 heavy (non-hydrogen) atoms. The van der Waals surface area contributed by atoms with Crippen LogP contribution in [0.25, 0.3) is 43.8 Å². The fourth-order valence-electron chi connectivity index (χ4n) is 6.24. The molecule has 0 amide bonds. The zero-order valence-corrected chi connectivity index (χ0v) is 35.1. The molecule has 0 aliphatic rings. The molecular formula is C44H52Cl2SiZr. The fourth-order valence-corrected chi connectivity index (χ4v) is 6.24. The molecule has 0 aliphatic heterocycles. The van der Waals surface area contributed by atoms with Crippen LogP contribution in [-0.4, -0.2) is 9.52 Å². The summed E-state index contributed by atoms with van der Waals surface area (Å²) in [4.78, 5) is 0. The molecule has 4 heteroatoms. The Morgan fingerprint density at radius 3 is 1.21 bits per heavy atom. The van der Waals surface area contributed by atoms with E-state index in [-0.39, 0.29) is 0 Å². The number of halogens is 2. The molecule has 0 aromatic heterocycles. The van der Waals surface area contributed by atoms with Crippen molar-refractivity contribution in [3.8, 4) is 22.3 Å².